The number of hydrogen-bond donors (Lipinski definition) is 2. The van der Waals surface area contributed by atoms with E-state index in [1.807, 2.05) is 0 Å². The van der Waals surface area contributed by atoms with E-state index >= 15 is 0 Å². The number of ether oxygens (including phenoxy) is 4. The van der Waals surface area contributed by atoms with Crippen molar-refractivity contribution in [2.45, 2.75) is 40.3 Å². The minimum absolute atomic E-state index is 0.0702. The topological polar surface area (TPSA) is 95.1 Å². The molecule has 1 aromatic carbocycles. The summed E-state index contributed by atoms with van der Waals surface area (Å²) in [7, 11) is 0. The smallest absolute Gasteiger partial charge is 0.218 e. The average Bonchev–Trinajstić information content (AvgIpc) is 2.46. The van der Waals surface area contributed by atoms with E-state index in [0.29, 0.717) is 11.5 Å². The van der Waals surface area contributed by atoms with Crippen LogP contribution < -0.4 is 20.1 Å². The van der Waals surface area contributed by atoms with E-state index in [2.05, 4.69) is 10.6 Å². The molecule has 2 amide bonds. The van der Waals surface area contributed by atoms with Crippen LogP contribution in [0.3, 0.4) is 0 Å². The fourth-order valence-corrected chi connectivity index (χ4v) is 1.59. The molecular formula is C16H24N2O6. The van der Waals surface area contributed by atoms with Crippen LogP contribution in [-0.4, -0.2) is 37.9 Å². The van der Waals surface area contributed by atoms with E-state index in [0.717, 1.165) is 0 Å². The zero-order valence-electron chi connectivity index (χ0n) is 14.3. The lowest BCUT2D eigenvalue weighted by Gasteiger charge is -2.18. The Morgan fingerprint density at radius 2 is 1.33 bits per heavy atom. The summed E-state index contributed by atoms with van der Waals surface area (Å²) in [5.41, 5.74) is 0. The van der Waals surface area contributed by atoms with Gasteiger partial charge in [0.2, 0.25) is 11.8 Å². The highest BCUT2D eigenvalue weighted by atomic mass is 16.7. The Hall–Kier alpha value is -2.32. The maximum Gasteiger partial charge on any atom is 0.218 e. The molecule has 0 aliphatic rings. The van der Waals surface area contributed by atoms with E-state index in [9.17, 15) is 9.59 Å². The monoisotopic (exact) mass is 340 g/mol. The molecular weight excluding hydrogens is 316 g/mol. The van der Waals surface area contributed by atoms with Gasteiger partial charge >= 0.3 is 0 Å². The zero-order valence-corrected chi connectivity index (χ0v) is 14.3. The Morgan fingerprint density at radius 3 is 1.71 bits per heavy atom. The fourth-order valence-electron chi connectivity index (χ4n) is 1.59. The van der Waals surface area contributed by atoms with Crippen molar-refractivity contribution in [1.29, 1.82) is 0 Å². The van der Waals surface area contributed by atoms with Crippen LogP contribution in [0.5, 0.6) is 11.5 Å². The number of benzene rings is 1. The van der Waals surface area contributed by atoms with Gasteiger partial charge in [-0.25, -0.2) is 0 Å². The first kappa shape index (κ1) is 19.7. The van der Waals surface area contributed by atoms with Gasteiger partial charge in [0.1, 0.15) is 25.0 Å². The van der Waals surface area contributed by atoms with Gasteiger partial charge in [-0.3, -0.25) is 9.59 Å². The molecule has 0 spiro atoms. The highest BCUT2D eigenvalue weighted by Gasteiger charge is 2.08. The van der Waals surface area contributed by atoms with Crippen LogP contribution in [0.15, 0.2) is 24.3 Å². The van der Waals surface area contributed by atoms with Gasteiger partial charge in [0, 0.05) is 19.9 Å². The first-order chi connectivity index (χ1) is 11.4. The number of nitrogens with one attached hydrogen (secondary N) is 2. The molecule has 0 fully saturated rings. The summed E-state index contributed by atoms with van der Waals surface area (Å²) in [4.78, 5) is 21.5. The second-order valence-corrected chi connectivity index (χ2v) is 4.93. The van der Waals surface area contributed by atoms with Crippen LogP contribution >= 0.6 is 0 Å². The first-order valence-electron chi connectivity index (χ1n) is 7.52. The molecule has 1 aromatic rings. The third kappa shape index (κ3) is 8.96. The predicted octanol–water partition coefficient (Wildman–Crippen LogP) is 1.36. The van der Waals surface area contributed by atoms with Gasteiger partial charge in [-0.05, 0) is 26.0 Å². The van der Waals surface area contributed by atoms with Crippen molar-refractivity contribution >= 4 is 11.8 Å². The molecule has 2 atom stereocenters. The van der Waals surface area contributed by atoms with Crippen molar-refractivity contribution in [3.05, 3.63) is 24.3 Å². The minimum Gasteiger partial charge on any atom is -0.465 e. The molecule has 1 rings (SSSR count). The van der Waals surface area contributed by atoms with Crippen LogP contribution in [0, 0.1) is 0 Å². The normalized spacial score (nSPS) is 12.8. The summed E-state index contributed by atoms with van der Waals surface area (Å²) in [6.45, 7) is 6.39. The quantitative estimate of drug-likeness (QED) is 0.625. The van der Waals surface area contributed by atoms with Crippen LogP contribution in [-0.2, 0) is 19.1 Å². The molecule has 8 heteroatoms. The summed E-state index contributed by atoms with van der Waals surface area (Å²) in [6.07, 6.45) is -1.08. The molecule has 2 N–H and O–H groups in total. The van der Waals surface area contributed by atoms with E-state index in [4.69, 9.17) is 18.9 Å². The van der Waals surface area contributed by atoms with Crippen LogP contribution in [0.2, 0.25) is 0 Å². The second-order valence-electron chi connectivity index (χ2n) is 4.93. The summed E-state index contributed by atoms with van der Waals surface area (Å²) in [5, 5.41) is 5.03. The third-order valence-electron chi connectivity index (χ3n) is 2.69. The summed E-state index contributed by atoms with van der Waals surface area (Å²) < 4.78 is 21.7. The van der Waals surface area contributed by atoms with Gasteiger partial charge in [0.05, 0.1) is 0 Å². The second kappa shape index (κ2) is 10.5. The SMILES string of the molecule is CC(=O)NCOC(C)Oc1cccc(OC(C)OCNC(C)=O)c1. The molecule has 134 valence electrons. The molecule has 0 aliphatic heterocycles. The number of rotatable bonds is 10. The van der Waals surface area contributed by atoms with Crippen LogP contribution in [0.4, 0.5) is 0 Å². The number of carbonyl (C=O) groups is 2. The molecule has 0 saturated carbocycles. The van der Waals surface area contributed by atoms with Gasteiger partial charge in [0.25, 0.3) is 0 Å². The van der Waals surface area contributed by atoms with Crippen molar-refractivity contribution in [2.75, 3.05) is 13.5 Å². The minimum atomic E-state index is -0.541. The van der Waals surface area contributed by atoms with Crippen molar-refractivity contribution in [3.63, 3.8) is 0 Å². The molecule has 0 heterocycles. The Labute approximate surface area is 141 Å². The number of amides is 2. The third-order valence-corrected chi connectivity index (χ3v) is 2.69. The highest BCUT2D eigenvalue weighted by Crippen LogP contribution is 2.21. The number of hydrogen-bond acceptors (Lipinski definition) is 6. The predicted molar refractivity (Wildman–Crippen MR) is 86.2 cm³/mol. The molecule has 0 aliphatic carbocycles. The highest BCUT2D eigenvalue weighted by molar-refractivity contribution is 5.72. The Kier molecular flexibility index (Phi) is 8.59. The van der Waals surface area contributed by atoms with Crippen molar-refractivity contribution < 1.29 is 28.5 Å². The van der Waals surface area contributed by atoms with Crippen molar-refractivity contribution in [1.82, 2.24) is 10.6 Å². The van der Waals surface area contributed by atoms with Gasteiger partial charge in [-0.2, -0.15) is 0 Å². The zero-order chi connectivity index (χ0) is 17.9. The summed E-state index contributed by atoms with van der Waals surface area (Å²) in [5.74, 6) is 0.755. The van der Waals surface area contributed by atoms with Gasteiger partial charge in [-0.1, -0.05) is 6.07 Å². The maximum atomic E-state index is 10.8. The fraction of sp³-hybridized carbons (Fsp3) is 0.500. The molecule has 8 nitrogen and oxygen atoms in total. The standard InChI is InChI=1S/C16H24N2O6/c1-11(19)17-9-21-13(3)23-15-6-5-7-16(8-15)24-14(4)22-10-18-12(2)20/h5-8,13-14H,9-10H2,1-4H3,(H,17,19)(H,18,20). The van der Waals surface area contributed by atoms with Gasteiger partial charge < -0.3 is 29.6 Å². The Morgan fingerprint density at radius 1 is 0.917 bits per heavy atom. The summed E-state index contributed by atoms with van der Waals surface area (Å²) in [6, 6.07) is 6.98. The van der Waals surface area contributed by atoms with E-state index in [1.54, 1.807) is 38.1 Å². The molecule has 0 aromatic heterocycles. The maximum absolute atomic E-state index is 10.8. The lowest BCUT2D eigenvalue weighted by Crippen LogP contribution is -2.28. The first-order valence-corrected chi connectivity index (χ1v) is 7.52. The molecule has 0 radical (unpaired) electrons. The Bertz CT molecular complexity index is 494. The van der Waals surface area contributed by atoms with Gasteiger partial charge in [-0.15, -0.1) is 0 Å². The average molecular weight is 340 g/mol. The molecule has 2 unspecified atom stereocenters. The van der Waals surface area contributed by atoms with Crippen molar-refractivity contribution in [3.8, 4) is 11.5 Å². The van der Waals surface area contributed by atoms with Crippen molar-refractivity contribution in [2.24, 2.45) is 0 Å². The van der Waals surface area contributed by atoms with E-state index in [-0.39, 0.29) is 25.3 Å². The number of carbonyl (C=O) groups excluding carboxylic acids is 2. The van der Waals surface area contributed by atoms with Gasteiger partial charge in [0.15, 0.2) is 12.6 Å². The lowest BCUT2D eigenvalue weighted by atomic mass is 10.3. The molecule has 0 bridgehead atoms. The summed E-state index contributed by atoms with van der Waals surface area (Å²) >= 11 is 0. The van der Waals surface area contributed by atoms with E-state index < -0.39 is 12.6 Å². The van der Waals surface area contributed by atoms with Crippen LogP contribution in [0.1, 0.15) is 27.7 Å². The van der Waals surface area contributed by atoms with E-state index in [1.165, 1.54) is 13.8 Å². The largest absolute Gasteiger partial charge is 0.465 e. The van der Waals surface area contributed by atoms with Crippen LogP contribution in [0.25, 0.3) is 0 Å². The molecule has 0 saturated heterocycles. The Balaban J connectivity index is 2.42. The lowest BCUT2D eigenvalue weighted by molar-refractivity contribution is -0.125. The molecule has 24 heavy (non-hydrogen) atoms.